The first kappa shape index (κ1) is 14.9. The molecule has 20 heavy (non-hydrogen) atoms. The molecule has 1 saturated heterocycles. The van der Waals surface area contributed by atoms with Crippen LogP contribution in [0, 0.1) is 12.8 Å². The topological polar surface area (TPSA) is 58.4 Å². The summed E-state index contributed by atoms with van der Waals surface area (Å²) in [4.78, 5) is 14.7. The SMILES string of the molecule is CCN1CCC(CNC(=O)c2c(C)cccc2N)CC1. The normalized spacial score (nSPS) is 17.1. The van der Waals surface area contributed by atoms with Crippen LogP contribution in [-0.4, -0.2) is 37.0 Å². The van der Waals surface area contributed by atoms with Crippen LogP contribution in [0.5, 0.6) is 0 Å². The van der Waals surface area contributed by atoms with Crippen molar-refractivity contribution < 1.29 is 4.79 Å². The van der Waals surface area contributed by atoms with Crippen molar-refractivity contribution in [2.45, 2.75) is 26.7 Å². The third-order valence-corrected chi connectivity index (χ3v) is 4.24. The Hall–Kier alpha value is -1.55. The molecule has 1 aliphatic heterocycles. The predicted octanol–water partition coefficient (Wildman–Crippen LogP) is 2.04. The highest BCUT2D eigenvalue weighted by Gasteiger charge is 2.19. The van der Waals surface area contributed by atoms with Gasteiger partial charge >= 0.3 is 0 Å². The van der Waals surface area contributed by atoms with E-state index >= 15 is 0 Å². The number of carbonyl (C=O) groups excluding carboxylic acids is 1. The number of piperidine rings is 1. The van der Waals surface area contributed by atoms with E-state index in [9.17, 15) is 4.79 Å². The summed E-state index contributed by atoms with van der Waals surface area (Å²) in [7, 11) is 0. The maximum Gasteiger partial charge on any atom is 0.253 e. The van der Waals surface area contributed by atoms with Crippen molar-refractivity contribution in [2.24, 2.45) is 5.92 Å². The van der Waals surface area contributed by atoms with Crippen LogP contribution < -0.4 is 11.1 Å². The molecule has 1 aromatic rings. The number of amides is 1. The lowest BCUT2D eigenvalue weighted by Gasteiger charge is -2.31. The highest BCUT2D eigenvalue weighted by Crippen LogP contribution is 2.18. The van der Waals surface area contributed by atoms with Crippen molar-refractivity contribution in [3.05, 3.63) is 29.3 Å². The Morgan fingerprint density at radius 2 is 2.10 bits per heavy atom. The maximum absolute atomic E-state index is 12.2. The number of hydrogen-bond acceptors (Lipinski definition) is 3. The number of rotatable bonds is 4. The zero-order valence-corrected chi connectivity index (χ0v) is 12.5. The van der Waals surface area contributed by atoms with Crippen molar-refractivity contribution in [3.8, 4) is 0 Å². The molecule has 0 radical (unpaired) electrons. The lowest BCUT2D eigenvalue weighted by Crippen LogP contribution is -2.38. The summed E-state index contributed by atoms with van der Waals surface area (Å²) in [6.45, 7) is 8.28. The van der Waals surface area contributed by atoms with Crippen LogP contribution in [0.2, 0.25) is 0 Å². The van der Waals surface area contributed by atoms with Gasteiger partial charge in [0, 0.05) is 12.2 Å². The minimum Gasteiger partial charge on any atom is -0.398 e. The van der Waals surface area contributed by atoms with Gasteiger partial charge in [-0.1, -0.05) is 19.1 Å². The average molecular weight is 275 g/mol. The molecule has 0 unspecified atom stereocenters. The highest BCUT2D eigenvalue weighted by molar-refractivity contribution is 6.00. The van der Waals surface area contributed by atoms with E-state index in [4.69, 9.17) is 5.73 Å². The van der Waals surface area contributed by atoms with Gasteiger partial charge in [0.2, 0.25) is 0 Å². The van der Waals surface area contributed by atoms with Crippen molar-refractivity contribution in [1.82, 2.24) is 10.2 Å². The number of carbonyl (C=O) groups is 1. The number of nitrogen functional groups attached to an aromatic ring is 1. The molecular weight excluding hydrogens is 250 g/mol. The van der Waals surface area contributed by atoms with Gasteiger partial charge in [-0.25, -0.2) is 0 Å². The van der Waals surface area contributed by atoms with Crippen molar-refractivity contribution in [3.63, 3.8) is 0 Å². The van der Waals surface area contributed by atoms with Gasteiger partial charge in [0.15, 0.2) is 0 Å². The number of nitrogens with zero attached hydrogens (tertiary/aromatic N) is 1. The number of nitrogens with two attached hydrogens (primary N) is 1. The Kier molecular flexibility index (Phi) is 5.01. The number of benzene rings is 1. The molecule has 0 atom stereocenters. The molecule has 1 heterocycles. The van der Waals surface area contributed by atoms with Gasteiger partial charge in [0.25, 0.3) is 5.91 Å². The molecule has 1 fully saturated rings. The number of anilines is 1. The van der Waals surface area contributed by atoms with Crippen molar-refractivity contribution in [2.75, 3.05) is 31.9 Å². The Morgan fingerprint density at radius 1 is 1.40 bits per heavy atom. The summed E-state index contributed by atoms with van der Waals surface area (Å²) in [6.07, 6.45) is 2.33. The monoisotopic (exact) mass is 275 g/mol. The van der Waals surface area contributed by atoms with Crippen LogP contribution in [0.4, 0.5) is 5.69 Å². The van der Waals surface area contributed by atoms with E-state index in [0.717, 1.165) is 44.6 Å². The van der Waals surface area contributed by atoms with E-state index in [1.807, 2.05) is 19.1 Å². The van der Waals surface area contributed by atoms with Gasteiger partial charge in [0.1, 0.15) is 0 Å². The fourth-order valence-corrected chi connectivity index (χ4v) is 2.83. The molecule has 0 bridgehead atoms. The van der Waals surface area contributed by atoms with Crippen LogP contribution in [0.15, 0.2) is 18.2 Å². The third kappa shape index (κ3) is 3.51. The molecule has 1 amide bonds. The van der Waals surface area contributed by atoms with Gasteiger partial charge in [-0.15, -0.1) is 0 Å². The van der Waals surface area contributed by atoms with Crippen LogP contribution in [-0.2, 0) is 0 Å². The smallest absolute Gasteiger partial charge is 0.253 e. The first-order chi connectivity index (χ1) is 9.61. The van der Waals surface area contributed by atoms with E-state index in [1.54, 1.807) is 6.07 Å². The van der Waals surface area contributed by atoms with Gasteiger partial charge in [0.05, 0.1) is 5.56 Å². The van der Waals surface area contributed by atoms with Gasteiger partial charge in [-0.3, -0.25) is 4.79 Å². The fraction of sp³-hybridized carbons (Fsp3) is 0.562. The number of aryl methyl sites for hydroxylation is 1. The summed E-state index contributed by atoms with van der Waals surface area (Å²) in [6, 6.07) is 5.58. The van der Waals surface area contributed by atoms with E-state index in [2.05, 4.69) is 17.1 Å². The molecule has 0 aliphatic carbocycles. The molecule has 4 nitrogen and oxygen atoms in total. The van der Waals surface area contributed by atoms with Gasteiger partial charge in [-0.2, -0.15) is 0 Å². The number of nitrogens with one attached hydrogen (secondary N) is 1. The van der Waals surface area contributed by atoms with E-state index in [-0.39, 0.29) is 5.91 Å². The fourth-order valence-electron chi connectivity index (χ4n) is 2.83. The maximum atomic E-state index is 12.2. The standard InChI is InChI=1S/C16H25N3O/c1-3-19-9-7-13(8-10-19)11-18-16(20)15-12(2)5-4-6-14(15)17/h4-6,13H,3,7-11,17H2,1-2H3,(H,18,20). The van der Waals surface area contributed by atoms with Crippen LogP contribution >= 0.6 is 0 Å². The lowest BCUT2D eigenvalue weighted by molar-refractivity contribution is 0.0937. The number of hydrogen-bond donors (Lipinski definition) is 2. The average Bonchev–Trinajstić information content (AvgIpc) is 2.45. The summed E-state index contributed by atoms with van der Waals surface area (Å²) < 4.78 is 0. The summed E-state index contributed by atoms with van der Waals surface area (Å²) in [5, 5.41) is 3.05. The zero-order valence-electron chi connectivity index (χ0n) is 12.5. The predicted molar refractivity (Wildman–Crippen MR) is 82.8 cm³/mol. The molecule has 0 saturated carbocycles. The van der Waals surface area contributed by atoms with E-state index in [0.29, 0.717) is 17.2 Å². The molecule has 3 N–H and O–H groups in total. The second-order valence-corrected chi connectivity index (χ2v) is 5.63. The zero-order chi connectivity index (χ0) is 14.5. The highest BCUT2D eigenvalue weighted by atomic mass is 16.1. The molecular formula is C16H25N3O. The summed E-state index contributed by atoms with van der Waals surface area (Å²) in [5.41, 5.74) is 8.02. The quantitative estimate of drug-likeness (QED) is 0.827. The Labute approximate surface area is 121 Å². The Morgan fingerprint density at radius 3 is 2.70 bits per heavy atom. The lowest BCUT2D eigenvalue weighted by atomic mass is 9.96. The Balaban J connectivity index is 1.87. The van der Waals surface area contributed by atoms with E-state index in [1.165, 1.54) is 0 Å². The molecule has 0 spiro atoms. The second kappa shape index (κ2) is 6.75. The van der Waals surface area contributed by atoms with Crippen LogP contribution in [0.25, 0.3) is 0 Å². The third-order valence-electron chi connectivity index (χ3n) is 4.24. The number of likely N-dealkylation sites (tertiary alicyclic amines) is 1. The minimum absolute atomic E-state index is 0.0430. The van der Waals surface area contributed by atoms with Crippen LogP contribution in [0.1, 0.15) is 35.7 Å². The molecule has 1 aromatic carbocycles. The minimum atomic E-state index is -0.0430. The van der Waals surface area contributed by atoms with Gasteiger partial charge in [-0.05, 0) is 56.9 Å². The van der Waals surface area contributed by atoms with Crippen LogP contribution in [0.3, 0.4) is 0 Å². The first-order valence-electron chi connectivity index (χ1n) is 7.47. The largest absolute Gasteiger partial charge is 0.398 e. The molecule has 0 aromatic heterocycles. The molecule has 4 heteroatoms. The second-order valence-electron chi connectivity index (χ2n) is 5.63. The Bertz CT molecular complexity index is 445. The van der Waals surface area contributed by atoms with Gasteiger partial charge < -0.3 is 16.0 Å². The first-order valence-corrected chi connectivity index (χ1v) is 7.47. The van der Waals surface area contributed by atoms with Crippen molar-refractivity contribution >= 4 is 11.6 Å². The molecule has 110 valence electrons. The summed E-state index contributed by atoms with van der Waals surface area (Å²) in [5.74, 6) is 0.547. The van der Waals surface area contributed by atoms with E-state index < -0.39 is 0 Å². The summed E-state index contributed by atoms with van der Waals surface area (Å²) >= 11 is 0. The molecule has 1 aliphatic rings. The van der Waals surface area contributed by atoms with Crippen molar-refractivity contribution in [1.29, 1.82) is 0 Å². The molecule has 2 rings (SSSR count).